The summed E-state index contributed by atoms with van der Waals surface area (Å²) in [6.07, 6.45) is -0.0821. The number of sulfonamides is 1. The molecule has 2 aromatic carbocycles. The molecule has 174 valence electrons. The molecule has 3 rings (SSSR count). The van der Waals surface area contributed by atoms with Crippen molar-refractivity contribution in [1.29, 1.82) is 0 Å². The van der Waals surface area contributed by atoms with E-state index >= 15 is 0 Å². The molecule has 0 aliphatic carbocycles. The molecule has 1 amide bonds. The van der Waals surface area contributed by atoms with Gasteiger partial charge < -0.3 is 10.2 Å². The Labute approximate surface area is 185 Å². The van der Waals surface area contributed by atoms with E-state index in [-0.39, 0.29) is 24.7 Å². The van der Waals surface area contributed by atoms with Crippen LogP contribution in [-0.2, 0) is 14.8 Å². The monoisotopic (exact) mass is 470 g/mol. The largest absolute Gasteiger partial charge is 0.369 e. The maximum Gasteiger partial charge on any atom is 0.240 e. The van der Waals surface area contributed by atoms with Gasteiger partial charge >= 0.3 is 0 Å². The van der Waals surface area contributed by atoms with Crippen molar-refractivity contribution in [3.8, 4) is 0 Å². The average molecular weight is 471 g/mol. The van der Waals surface area contributed by atoms with Gasteiger partial charge in [-0.25, -0.2) is 26.3 Å². The fourth-order valence-corrected chi connectivity index (χ4v) is 4.39. The molecule has 1 fully saturated rings. The first-order valence-electron chi connectivity index (χ1n) is 10.2. The zero-order valence-electron chi connectivity index (χ0n) is 17.4. The van der Waals surface area contributed by atoms with Gasteiger partial charge in [-0.15, -0.1) is 0 Å². The predicted octanol–water partition coefficient (Wildman–Crippen LogP) is 1.71. The lowest BCUT2D eigenvalue weighted by atomic mass is 10.2. The minimum atomic E-state index is -4.03. The first-order chi connectivity index (χ1) is 15.2. The van der Waals surface area contributed by atoms with Crippen LogP contribution in [0.25, 0.3) is 0 Å². The van der Waals surface area contributed by atoms with Crippen molar-refractivity contribution in [2.45, 2.75) is 11.3 Å². The second-order valence-electron chi connectivity index (χ2n) is 7.38. The van der Waals surface area contributed by atoms with Gasteiger partial charge in [-0.2, -0.15) is 0 Å². The molecule has 1 heterocycles. The minimum absolute atomic E-state index is 0.0821. The van der Waals surface area contributed by atoms with Crippen LogP contribution in [0.5, 0.6) is 0 Å². The quantitative estimate of drug-likeness (QED) is 0.583. The summed E-state index contributed by atoms with van der Waals surface area (Å²) in [6, 6.07) is 8.67. The molecule has 2 N–H and O–H groups in total. The van der Waals surface area contributed by atoms with E-state index in [2.05, 4.69) is 19.8 Å². The second kappa shape index (κ2) is 10.8. The summed E-state index contributed by atoms with van der Waals surface area (Å²) in [5.74, 6) is -2.98. The number of anilines is 1. The smallest absolute Gasteiger partial charge is 0.240 e. The molecule has 7 nitrogen and oxygen atoms in total. The van der Waals surface area contributed by atoms with Gasteiger partial charge in [0.15, 0.2) is 11.6 Å². The topological polar surface area (TPSA) is 81.7 Å². The summed E-state index contributed by atoms with van der Waals surface area (Å²) in [4.78, 5) is 15.9. The maximum absolute atomic E-state index is 13.2. The van der Waals surface area contributed by atoms with Crippen LogP contribution in [-0.4, -0.2) is 65.0 Å². The second-order valence-corrected chi connectivity index (χ2v) is 9.15. The van der Waals surface area contributed by atoms with E-state index in [0.29, 0.717) is 19.2 Å². The number of carbonyl (C=O) groups excluding carboxylic acids is 1. The molecule has 0 spiro atoms. The highest BCUT2D eigenvalue weighted by Crippen LogP contribution is 2.17. The number of hydrogen-bond acceptors (Lipinski definition) is 5. The average Bonchev–Trinajstić information content (AvgIpc) is 2.76. The molecule has 0 saturated carbocycles. The summed E-state index contributed by atoms with van der Waals surface area (Å²) in [7, 11) is -4.03. The number of halogens is 3. The first kappa shape index (κ1) is 24.0. The van der Waals surface area contributed by atoms with Crippen molar-refractivity contribution >= 4 is 21.6 Å². The van der Waals surface area contributed by atoms with Gasteiger partial charge in [0.25, 0.3) is 0 Å². The zero-order chi connectivity index (χ0) is 23.1. The van der Waals surface area contributed by atoms with E-state index in [1.54, 1.807) is 12.1 Å². The van der Waals surface area contributed by atoms with Crippen LogP contribution < -0.4 is 14.9 Å². The van der Waals surface area contributed by atoms with Crippen LogP contribution >= 0.6 is 0 Å². The molecular formula is C21H25F3N4O3S. The summed E-state index contributed by atoms with van der Waals surface area (Å²) < 4.78 is 65.6. The minimum Gasteiger partial charge on any atom is -0.369 e. The van der Waals surface area contributed by atoms with E-state index in [4.69, 9.17) is 0 Å². The van der Waals surface area contributed by atoms with Gasteiger partial charge in [0.05, 0.1) is 4.90 Å². The molecule has 32 heavy (non-hydrogen) atoms. The Hall–Kier alpha value is -2.63. The molecule has 1 aliphatic heterocycles. The predicted molar refractivity (Wildman–Crippen MR) is 114 cm³/mol. The van der Waals surface area contributed by atoms with Crippen molar-refractivity contribution in [2.24, 2.45) is 0 Å². The number of hydrogen-bond donors (Lipinski definition) is 2. The third-order valence-electron chi connectivity index (χ3n) is 5.16. The van der Waals surface area contributed by atoms with E-state index in [1.165, 1.54) is 12.1 Å². The molecule has 1 aliphatic rings. The molecule has 0 atom stereocenters. The number of piperazine rings is 1. The van der Waals surface area contributed by atoms with Crippen LogP contribution in [0.4, 0.5) is 18.9 Å². The highest BCUT2D eigenvalue weighted by atomic mass is 32.2. The Bertz CT molecular complexity index is 1030. The molecule has 0 radical (unpaired) electrons. The van der Waals surface area contributed by atoms with Crippen molar-refractivity contribution in [1.82, 2.24) is 14.9 Å². The zero-order valence-corrected chi connectivity index (χ0v) is 18.2. The van der Waals surface area contributed by atoms with Crippen molar-refractivity contribution in [3.63, 3.8) is 0 Å². The normalized spacial score (nSPS) is 15.0. The Balaban J connectivity index is 1.32. The lowest BCUT2D eigenvalue weighted by molar-refractivity contribution is -0.120. The van der Waals surface area contributed by atoms with Gasteiger partial charge in [0.1, 0.15) is 5.82 Å². The van der Waals surface area contributed by atoms with Gasteiger partial charge in [-0.1, -0.05) is 0 Å². The number of carbonyl (C=O) groups is 1. The van der Waals surface area contributed by atoms with Crippen molar-refractivity contribution < 1.29 is 26.4 Å². The standard InChI is InChI=1S/C21H25F3N4O3S/c22-16-1-3-17(4-2-16)28-13-11-27(12-14-28)10-9-25-21(29)7-8-26-32(30,31)18-5-6-19(23)20(24)15-18/h1-6,15,26H,7-14H2,(H,25,29). The highest BCUT2D eigenvalue weighted by molar-refractivity contribution is 7.89. The molecule has 1 saturated heterocycles. The van der Waals surface area contributed by atoms with Gasteiger partial charge in [-0.3, -0.25) is 9.69 Å². The summed E-state index contributed by atoms with van der Waals surface area (Å²) in [5, 5.41) is 2.74. The Morgan fingerprint density at radius 3 is 2.25 bits per heavy atom. The number of nitrogens with zero attached hydrogens (tertiary/aromatic N) is 2. The van der Waals surface area contributed by atoms with Gasteiger partial charge in [0.2, 0.25) is 15.9 Å². The first-order valence-corrected chi connectivity index (χ1v) is 11.7. The Morgan fingerprint density at radius 1 is 0.906 bits per heavy atom. The number of rotatable bonds is 9. The van der Waals surface area contributed by atoms with E-state index in [0.717, 1.165) is 44.0 Å². The SMILES string of the molecule is O=C(CCNS(=O)(=O)c1ccc(F)c(F)c1)NCCN1CCN(c2ccc(F)cc2)CC1. The summed E-state index contributed by atoms with van der Waals surface area (Å²) in [6.45, 7) is 4.12. The van der Waals surface area contributed by atoms with Crippen molar-refractivity contribution in [2.75, 3.05) is 50.7 Å². The fraction of sp³-hybridized carbons (Fsp3) is 0.381. The molecule has 2 aromatic rings. The fourth-order valence-electron chi connectivity index (χ4n) is 3.35. The Morgan fingerprint density at radius 2 is 1.59 bits per heavy atom. The van der Waals surface area contributed by atoms with Crippen molar-refractivity contribution in [3.05, 3.63) is 59.9 Å². The van der Waals surface area contributed by atoms with E-state index in [1.807, 2.05) is 0 Å². The van der Waals surface area contributed by atoms with E-state index < -0.39 is 26.6 Å². The Kier molecular flexibility index (Phi) is 8.10. The maximum atomic E-state index is 13.2. The molecule has 11 heteroatoms. The van der Waals surface area contributed by atoms with Crippen LogP contribution in [0.15, 0.2) is 47.4 Å². The van der Waals surface area contributed by atoms with E-state index in [9.17, 15) is 26.4 Å². The van der Waals surface area contributed by atoms with Crippen LogP contribution in [0.3, 0.4) is 0 Å². The number of benzene rings is 2. The number of amides is 1. The number of nitrogens with one attached hydrogen (secondary N) is 2. The molecule has 0 aromatic heterocycles. The summed E-state index contributed by atoms with van der Waals surface area (Å²) in [5.41, 5.74) is 0.977. The summed E-state index contributed by atoms with van der Waals surface area (Å²) >= 11 is 0. The van der Waals surface area contributed by atoms with Gasteiger partial charge in [0, 0.05) is 57.9 Å². The molecule has 0 bridgehead atoms. The molecular weight excluding hydrogens is 445 g/mol. The highest BCUT2D eigenvalue weighted by Gasteiger charge is 2.18. The third kappa shape index (κ3) is 6.68. The third-order valence-corrected chi connectivity index (χ3v) is 6.62. The lowest BCUT2D eigenvalue weighted by Crippen LogP contribution is -2.48. The van der Waals surface area contributed by atoms with Gasteiger partial charge in [-0.05, 0) is 42.5 Å². The lowest BCUT2D eigenvalue weighted by Gasteiger charge is -2.36. The van der Waals surface area contributed by atoms with Crippen LogP contribution in [0.1, 0.15) is 6.42 Å². The molecule has 0 unspecified atom stereocenters. The van der Waals surface area contributed by atoms with Crippen LogP contribution in [0, 0.1) is 17.5 Å². The van der Waals surface area contributed by atoms with Crippen LogP contribution in [0.2, 0.25) is 0 Å².